The van der Waals surface area contributed by atoms with Gasteiger partial charge in [0, 0.05) is 6.54 Å². The van der Waals surface area contributed by atoms with Gasteiger partial charge in [-0.2, -0.15) is 0 Å². The van der Waals surface area contributed by atoms with Crippen LogP contribution >= 0.6 is 0 Å². The van der Waals surface area contributed by atoms with Gasteiger partial charge in [-0.1, -0.05) is 24.3 Å². The smallest absolute Gasteiger partial charge is 0.335 e. The first-order valence-corrected chi connectivity index (χ1v) is 9.33. The predicted octanol–water partition coefficient (Wildman–Crippen LogP) is 4.32. The van der Waals surface area contributed by atoms with Crippen LogP contribution in [0.2, 0.25) is 0 Å². The third-order valence-corrected chi connectivity index (χ3v) is 5.16. The molecule has 0 saturated carbocycles. The maximum Gasteiger partial charge on any atom is 0.335 e. The molecule has 4 rings (SSSR count). The number of carboxylic acid groups (broad SMARTS) is 1. The summed E-state index contributed by atoms with van der Waals surface area (Å²) in [6.07, 6.45) is 0. The van der Waals surface area contributed by atoms with Crippen molar-refractivity contribution in [1.82, 2.24) is 9.55 Å². The second kappa shape index (κ2) is 7.35. The van der Waals surface area contributed by atoms with Crippen molar-refractivity contribution >= 4 is 17.0 Å². The topological polar surface area (TPSA) is 75.3 Å². The van der Waals surface area contributed by atoms with Gasteiger partial charge in [-0.15, -0.1) is 0 Å². The minimum Gasteiger partial charge on any atom is -0.478 e. The molecule has 0 aliphatic heterocycles. The van der Waals surface area contributed by atoms with E-state index in [4.69, 9.17) is 0 Å². The predicted molar refractivity (Wildman–Crippen MR) is 107 cm³/mol. The Morgan fingerprint density at radius 3 is 1.97 bits per heavy atom. The van der Waals surface area contributed by atoms with Crippen LogP contribution in [0.1, 0.15) is 34.2 Å². The number of aliphatic hydroxyl groups is 1. The van der Waals surface area contributed by atoms with Gasteiger partial charge in [-0.3, -0.25) is 0 Å². The lowest BCUT2D eigenvalue weighted by molar-refractivity contribution is 0.0697. The van der Waals surface area contributed by atoms with Crippen LogP contribution in [-0.4, -0.2) is 25.7 Å². The molecule has 3 aromatic carbocycles. The van der Waals surface area contributed by atoms with E-state index >= 15 is 0 Å². The lowest BCUT2D eigenvalue weighted by atomic mass is 9.85. The number of hydrogen-bond donors (Lipinski definition) is 2. The molecule has 1 aromatic heterocycles. The van der Waals surface area contributed by atoms with Crippen LogP contribution in [-0.2, 0) is 12.1 Å². The van der Waals surface area contributed by atoms with Crippen LogP contribution in [0.3, 0.4) is 0 Å². The Balaban J connectivity index is 2.04. The fourth-order valence-corrected chi connectivity index (χ4v) is 3.66. The largest absolute Gasteiger partial charge is 0.478 e. The number of rotatable bonds is 5. The molecule has 1 heterocycles. The van der Waals surface area contributed by atoms with Crippen molar-refractivity contribution in [3.05, 3.63) is 101 Å². The maximum atomic E-state index is 13.6. The number of nitrogens with zero attached hydrogens (tertiary/aromatic N) is 2. The van der Waals surface area contributed by atoms with Crippen LogP contribution in [0.15, 0.2) is 66.7 Å². The quantitative estimate of drug-likeness (QED) is 0.516. The minimum absolute atomic E-state index is 0.0933. The molecule has 2 N–H and O–H groups in total. The van der Waals surface area contributed by atoms with Crippen LogP contribution in [0, 0.1) is 11.6 Å². The van der Waals surface area contributed by atoms with Crippen LogP contribution in [0.4, 0.5) is 8.78 Å². The van der Waals surface area contributed by atoms with E-state index in [1.165, 1.54) is 60.7 Å². The molecule has 0 bridgehead atoms. The highest BCUT2D eigenvalue weighted by Crippen LogP contribution is 2.38. The number of halogens is 2. The number of aromatic nitrogens is 2. The number of aromatic carboxylic acids is 1. The van der Waals surface area contributed by atoms with Gasteiger partial charge in [0.25, 0.3) is 0 Å². The number of fused-ring (bicyclic) bond motifs is 1. The normalized spacial score (nSPS) is 11.7. The molecular formula is C23H18F2N2O3. The van der Waals surface area contributed by atoms with Crippen LogP contribution < -0.4 is 0 Å². The van der Waals surface area contributed by atoms with Crippen molar-refractivity contribution in [2.45, 2.75) is 19.1 Å². The zero-order valence-electron chi connectivity index (χ0n) is 16.0. The highest BCUT2D eigenvalue weighted by Gasteiger charge is 2.39. The Morgan fingerprint density at radius 1 is 0.967 bits per heavy atom. The van der Waals surface area contributed by atoms with Gasteiger partial charge in [0.15, 0.2) is 11.4 Å². The van der Waals surface area contributed by atoms with Crippen molar-refractivity contribution in [3.8, 4) is 0 Å². The molecule has 0 amide bonds. The zero-order chi connectivity index (χ0) is 21.5. The van der Waals surface area contributed by atoms with Crippen molar-refractivity contribution in [2.75, 3.05) is 0 Å². The summed E-state index contributed by atoms with van der Waals surface area (Å²) in [6.45, 7) is 2.23. The standard InChI is InChI=1S/C23H18F2N2O3/c1-2-27-20-13-14(21(28)29)3-12-19(20)26-22(27)23(30,15-4-8-17(24)9-5-15)16-6-10-18(25)11-7-16/h3-13,30H,2H2,1H3,(H,28,29). The van der Waals surface area contributed by atoms with E-state index in [1.54, 1.807) is 10.6 Å². The number of aryl methyl sites for hydroxylation is 1. The Morgan fingerprint density at radius 2 is 1.50 bits per heavy atom. The highest BCUT2D eigenvalue weighted by atomic mass is 19.1. The molecule has 0 atom stereocenters. The number of carboxylic acids is 1. The average Bonchev–Trinajstić information content (AvgIpc) is 3.12. The van der Waals surface area contributed by atoms with Gasteiger partial charge in [0.1, 0.15) is 11.6 Å². The molecule has 0 spiro atoms. The van der Waals surface area contributed by atoms with Crippen LogP contribution in [0.25, 0.3) is 11.0 Å². The Hall–Kier alpha value is -3.58. The second-order valence-corrected chi connectivity index (χ2v) is 6.91. The molecule has 0 radical (unpaired) electrons. The summed E-state index contributed by atoms with van der Waals surface area (Å²) in [5, 5.41) is 21.3. The van der Waals surface area contributed by atoms with Crippen molar-refractivity contribution in [2.24, 2.45) is 0 Å². The lowest BCUT2D eigenvalue weighted by Crippen LogP contribution is -2.32. The first kappa shape index (κ1) is 19.7. The third-order valence-electron chi connectivity index (χ3n) is 5.16. The number of hydrogen-bond acceptors (Lipinski definition) is 3. The first-order valence-electron chi connectivity index (χ1n) is 9.33. The van der Waals surface area contributed by atoms with Gasteiger partial charge in [-0.05, 0) is 60.5 Å². The number of imidazole rings is 1. The molecule has 0 unspecified atom stereocenters. The van der Waals surface area contributed by atoms with E-state index in [-0.39, 0.29) is 11.4 Å². The molecule has 0 aliphatic carbocycles. The van der Waals surface area contributed by atoms with E-state index in [2.05, 4.69) is 4.98 Å². The van der Waals surface area contributed by atoms with E-state index in [0.29, 0.717) is 28.7 Å². The van der Waals surface area contributed by atoms with Gasteiger partial charge in [-0.25, -0.2) is 18.6 Å². The van der Waals surface area contributed by atoms with E-state index < -0.39 is 23.2 Å². The van der Waals surface area contributed by atoms with E-state index in [1.807, 2.05) is 6.92 Å². The summed E-state index contributed by atoms with van der Waals surface area (Å²) < 4.78 is 28.8. The molecular weight excluding hydrogens is 390 g/mol. The van der Waals surface area contributed by atoms with Gasteiger partial charge >= 0.3 is 5.97 Å². The van der Waals surface area contributed by atoms with Crippen LogP contribution in [0.5, 0.6) is 0 Å². The van der Waals surface area contributed by atoms with Gasteiger partial charge in [0.05, 0.1) is 16.6 Å². The first-order chi connectivity index (χ1) is 14.3. The minimum atomic E-state index is -1.82. The van der Waals surface area contributed by atoms with Gasteiger partial charge in [0.2, 0.25) is 0 Å². The van der Waals surface area contributed by atoms with Crippen molar-refractivity contribution < 1.29 is 23.8 Å². The molecule has 0 fully saturated rings. The molecule has 152 valence electrons. The van der Waals surface area contributed by atoms with E-state index in [0.717, 1.165) is 0 Å². The summed E-state index contributed by atoms with van der Waals surface area (Å²) in [5.74, 6) is -1.78. The maximum absolute atomic E-state index is 13.6. The van der Waals surface area contributed by atoms with E-state index in [9.17, 15) is 23.8 Å². The Bertz CT molecular complexity index is 1190. The number of carbonyl (C=O) groups is 1. The summed E-state index contributed by atoms with van der Waals surface area (Å²) in [4.78, 5) is 16.0. The van der Waals surface area contributed by atoms with Crippen molar-refractivity contribution in [3.63, 3.8) is 0 Å². The fourth-order valence-electron chi connectivity index (χ4n) is 3.66. The Labute approximate surface area is 170 Å². The Kier molecular flexibility index (Phi) is 4.83. The summed E-state index contributed by atoms with van der Waals surface area (Å²) >= 11 is 0. The molecule has 0 saturated heterocycles. The third kappa shape index (κ3) is 3.13. The average molecular weight is 408 g/mol. The fraction of sp³-hybridized carbons (Fsp3) is 0.130. The monoisotopic (exact) mass is 408 g/mol. The molecule has 4 aromatic rings. The number of benzene rings is 3. The molecule has 5 nitrogen and oxygen atoms in total. The highest BCUT2D eigenvalue weighted by molar-refractivity contribution is 5.92. The second-order valence-electron chi connectivity index (χ2n) is 6.91. The van der Waals surface area contributed by atoms with Gasteiger partial charge < -0.3 is 14.8 Å². The zero-order valence-corrected chi connectivity index (χ0v) is 16.0. The molecule has 7 heteroatoms. The summed E-state index contributed by atoms with van der Waals surface area (Å²) in [5.41, 5.74) is 0.00282. The SMILES string of the molecule is CCn1c(C(O)(c2ccc(F)cc2)c2ccc(F)cc2)nc2ccc(C(=O)O)cc21. The summed E-state index contributed by atoms with van der Waals surface area (Å²) in [6, 6.07) is 15.2. The lowest BCUT2D eigenvalue weighted by Gasteiger charge is -2.29. The summed E-state index contributed by atoms with van der Waals surface area (Å²) in [7, 11) is 0. The van der Waals surface area contributed by atoms with Crippen molar-refractivity contribution in [1.29, 1.82) is 0 Å². The molecule has 30 heavy (non-hydrogen) atoms. The molecule has 0 aliphatic rings.